The van der Waals surface area contributed by atoms with Gasteiger partial charge in [0.25, 0.3) is 0 Å². The summed E-state index contributed by atoms with van der Waals surface area (Å²) in [5.41, 5.74) is 0.502. The number of aryl methyl sites for hydroxylation is 2. The molecule has 2 atom stereocenters. The molecule has 108 valence electrons. The highest BCUT2D eigenvalue weighted by atomic mass is 79.9. The highest BCUT2D eigenvalue weighted by molar-refractivity contribution is 9.10. The first-order valence-corrected chi connectivity index (χ1v) is 8.99. The van der Waals surface area contributed by atoms with E-state index in [-0.39, 0.29) is 0 Å². The molecule has 0 aromatic carbocycles. The number of sulfone groups is 1. The molecule has 1 N–H and O–H groups in total. The lowest BCUT2D eigenvalue weighted by Crippen LogP contribution is -2.44. The minimum Gasteiger partial charge on any atom is -0.388 e. The number of aliphatic hydroxyl groups is 1. The van der Waals surface area contributed by atoms with Crippen LogP contribution in [0.4, 0.5) is 0 Å². The number of aromatic nitrogens is 2. The molecule has 5 nitrogen and oxygen atoms in total. The molecule has 0 radical (unpaired) electrons. The van der Waals surface area contributed by atoms with Crippen LogP contribution >= 0.6 is 15.9 Å². The molecule has 1 aromatic rings. The van der Waals surface area contributed by atoms with Crippen molar-refractivity contribution in [3.05, 3.63) is 15.9 Å². The van der Waals surface area contributed by atoms with E-state index in [1.54, 1.807) is 11.7 Å². The van der Waals surface area contributed by atoms with Gasteiger partial charge in [-0.25, -0.2) is 8.42 Å². The maximum Gasteiger partial charge on any atom is 0.153 e. The summed E-state index contributed by atoms with van der Waals surface area (Å²) in [6.07, 6.45) is 3.30. The van der Waals surface area contributed by atoms with Gasteiger partial charge in [0.15, 0.2) is 9.84 Å². The Kier molecular flexibility index (Phi) is 3.83. The molecule has 1 heterocycles. The quantitative estimate of drug-likeness (QED) is 0.893. The van der Waals surface area contributed by atoms with E-state index in [1.165, 1.54) is 6.26 Å². The van der Waals surface area contributed by atoms with Crippen LogP contribution in [0, 0.1) is 6.92 Å². The van der Waals surface area contributed by atoms with Crippen LogP contribution < -0.4 is 0 Å². The van der Waals surface area contributed by atoms with Gasteiger partial charge in [0.2, 0.25) is 0 Å². The van der Waals surface area contributed by atoms with Crippen LogP contribution in [-0.4, -0.2) is 40.4 Å². The number of nitrogens with zero attached hydrogens (tertiary/aromatic N) is 2. The van der Waals surface area contributed by atoms with Crippen LogP contribution in [-0.2, 0) is 23.3 Å². The van der Waals surface area contributed by atoms with Gasteiger partial charge >= 0.3 is 0 Å². The average Bonchev–Trinajstić information content (AvgIpc) is 2.75. The van der Waals surface area contributed by atoms with E-state index in [1.807, 2.05) is 6.92 Å². The zero-order valence-corrected chi connectivity index (χ0v) is 13.8. The molecule has 0 saturated heterocycles. The summed E-state index contributed by atoms with van der Waals surface area (Å²) in [6, 6.07) is 0. The summed E-state index contributed by atoms with van der Waals surface area (Å²) in [5.74, 6) is 0. The maximum atomic E-state index is 11.8. The largest absolute Gasteiger partial charge is 0.388 e. The minimum absolute atomic E-state index is 0.308. The summed E-state index contributed by atoms with van der Waals surface area (Å²) in [6.45, 7) is 1.88. The summed E-state index contributed by atoms with van der Waals surface area (Å²) >= 11 is 3.46. The van der Waals surface area contributed by atoms with Gasteiger partial charge in [-0.3, -0.25) is 4.68 Å². The van der Waals surface area contributed by atoms with Crippen molar-refractivity contribution in [1.29, 1.82) is 0 Å². The third-order valence-electron chi connectivity index (χ3n) is 3.93. The zero-order chi connectivity index (χ0) is 14.4. The van der Waals surface area contributed by atoms with Crippen LogP contribution in [0.1, 0.15) is 30.7 Å². The monoisotopic (exact) mass is 350 g/mol. The fourth-order valence-electron chi connectivity index (χ4n) is 3.00. The molecule has 1 fully saturated rings. The van der Waals surface area contributed by atoms with Crippen LogP contribution in [0.25, 0.3) is 0 Å². The smallest absolute Gasteiger partial charge is 0.153 e. The molecule has 1 aliphatic carbocycles. The summed E-state index contributed by atoms with van der Waals surface area (Å²) in [7, 11) is -1.44. The molecular weight excluding hydrogens is 332 g/mol. The maximum absolute atomic E-state index is 11.8. The molecule has 19 heavy (non-hydrogen) atoms. The predicted octanol–water partition coefficient (Wildman–Crippen LogP) is 1.36. The second kappa shape index (κ2) is 4.86. The van der Waals surface area contributed by atoms with E-state index in [9.17, 15) is 13.5 Å². The van der Waals surface area contributed by atoms with Crippen LogP contribution in [0.3, 0.4) is 0 Å². The van der Waals surface area contributed by atoms with Gasteiger partial charge in [-0.15, -0.1) is 0 Å². The number of rotatable bonds is 3. The molecule has 0 spiro atoms. The second-order valence-electron chi connectivity index (χ2n) is 5.46. The lowest BCUT2D eigenvalue weighted by atomic mass is 9.95. The van der Waals surface area contributed by atoms with Gasteiger partial charge < -0.3 is 5.11 Å². The Balaban J connectivity index is 2.36. The second-order valence-corrected chi connectivity index (χ2v) is 8.48. The molecule has 0 aliphatic heterocycles. The standard InChI is InChI=1S/C12H19BrN2O3S/c1-8-11(13)9(15(2)14-8)7-12(16)6-4-5-10(12)19(3,17)18/h10,16H,4-7H2,1-3H3. The Morgan fingerprint density at radius 1 is 1.58 bits per heavy atom. The third-order valence-corrected chi connectivity index (χ3v) is 6.67. The number of halogens is 1. The van der Waals surface area contributed by atoms with Gasteiger partial charge in [0, 0.05) is 19.7 Å². The van der Waals surface area contributed by atoms with Crippen molar-refractivity contribution in [3.8, 4) is 0 Å². The molecule has 1 aliphatic rings. The minimum atomic E-state index is -3.24. The van der Waals surface area contributed by atoms with E-state index >= 15 is 0 Å². The fourth-order valence-corrected chi connectivity index (χ4v) is 5.07. The van der Waals surface area contributed by atoms with E-state index < -0.39 is 20.7 Å². The first-order chi connectivity index (χ1) is 8.65. The molecule has 2 unspecified atom stereocenters. The average molecular weight is 351 g/mol. The van der Waals surface area contributed by atoms with Crippen LogP contribution in [0.2, 0.25) is 0 Å². The highest BCUT2D eigenvalue weighted by Crippen LogP contribution is 2.38. The molecule has 1 aromatic heterocycles. The van der Waals surface area contributed by atoms with E-state index in [0.717, 1.165) is 22.3 Å². The molecule has 0 bridgehead atoms. The fraction of sp³-hybridized carbons (Fsp3) is 0.750. The topological polar surface area (TPSA) is 72.2 Å². The van der Waals surface area contributed by atoms with Crippen molar-refractivity contribution in [3.63, 3.8) is 0 Å². The van der Waals surface area contributed by atoms with Gasteiger partial charge in [-0.1, -0.05) is 0 Å². The van der Waals surface area contributed by atoms with Crippen molar-refractivity contribution < 1.29 is 13.5 Å². The van der Waals surface area contributed by atoms with E-state index in [0.29, 0.717) is 19.3 Å². The summed E-state index contributed by atoms with van der Waals surface area (Å²) in [5, 5.41) is 14.4. The van der Waals surface area contributed by atoms with Gasteiger partial charge in [0.1, 0.15) is 0 Å². The van der Waals surface area contributed by atoms with E-state index in [2.05, 4.69) is 21.0 Å². The van der Waals surface area contributed by atoms with E-state index in [4.69, 9.17) is 0 Å². The lowest BCUT2D eigenvalue weighted by molar-refractivity contribution is 0.0492. The number of hydrogen-bond donors (Lipinski definition) is 1. The Bertz CT molecular complexity index is 596. The zero-order valence-electron chi connectivity index (χ0n) is 11.4. The van der Waals surface area contributed by atoms with Gasteiger partial charge in [0.05, 0.1) is 26.7 Å². The first kappa shape index (κ1) is 15.0. The van der Waals surface area contributed by atoms with Gasteiger partial charge in [-0.05, 0) is 42.1 Å². The van der Waals surface area contributed by atoms with Crippen molar-refractivity contribution >= 4 is 25.8 Å². The van der Waals surface area contributed by atoms with Crippen molar-refractivity contribution in [2.24, 2.45) is 7.05 Å². The molecule has 2 rings (SSSR count). The van der Waals surface area contributed by atoms with Crippen LogP contribution in [0.15, 0.2) is 4.47 Å². The molecular formula is C12H19BrN2O3S. The van der Waals surface area contributed by atoms with Crippen LogP contribution in [0.5, 0.6) is 0 Å². The molecule has 7 heteroatoms. The summed E-state index contributed by atoms with van der Waals surface area (Å²) < 4.78 is 26.2. The van der Waals surface area contributed by atoms with Gasteiger partial charge in [-0.2, -0.15) is 5.10 Å². The first-order valence-electron chi connectivity index (χ1n) is 6.24. The summed E-state index contributed by atoms with van der Waals surface area (Å²) in [4.78, 5) is 0. The number of hydrogen-bond acceptors (Lipinski definition) is 4. The molecule has 0 amide bonds. The molecule has 1 saturated carbocycles. The normalized spacial score (nSPS) is 27.9. The predicted molar refractivity (Wildman–Crippen MR) is 76.8 cm³/mol. The SMILES string of the molecule is Cc1nn(C)c(CC2(O)CCCC2S(C)(=O)=O)c1Br. The Labute approximate surface area is 122 Å². The van der Waals surface area contributed by atoms with Crippen molar-refractivity contribution in [1.82, 2.24) is 9.78 Å². The highest BCUT2D eigenvalue weighted by Gasteiger charge is 2.47. The Hall–Kier alpha value is -0.400. The Morgan fingerprint density at radius 3 is 2.68 bits per heavy atom. The van der Waals surface area contributed by atoms with Crippen molar-refractivity contribution in [2.45, 2.75) is 43.5 Å². The lowest BCUT2D eigenvalue weighted by Gasteiger charge is -2.29. The van der Waals surface area contributed by atoms with Crippen molar-refractivity contribution in [2.75, 3.05) is 6.26 Å². The Morgan fingerprint density at radius 2 is 2.21 bits per heavy atom. The third kappa shape index (κ3) is 2.73.